The second-order valence-corrected chi connectivity index (χ2v) is 4.42. The Morgan fingerprint density at radius 1 is 1.19 bits per heavy atom. The van der Waals surface area contributed by atoms with E-state index in [1.807, 2.05) is 0 Å². The van der Waals surface area contributed by atoms with Gasteiger partial charge in [0.15, 0.2) is 0 Å². The molecule has 0 fully saturated rings. The number of phenolic OH excluding ortho intramolecular Hbond substituents is 1. The van der Waals surface area contributed by atoms with Gasteiger partial charge in [-0.3, -0.25) is 14.9 Å². The molecular formula is C14H9N3O4. The lowest BCUT2D eigenvalue weighted by atomic mass is 10.1. The van der Waals surface area contributed by atoms with Crippen molar-refractivity contribution in [2.45, 2.75) is 0 Å². The molecule has 1 aliphatic rings. The number of fused-ring (bicyclic) bond motifs is 1. The van der Waals surface area contributed by atoms with Gasteiger partial charge in [0.25, 0.3) is 11.6 Å². The first-order chi connectivity index (χ1) is 10.0. The van der Waals surface area contributed by atoms with E-state index < -0.39 is 10.8 Å². The highest BCUT2D eigenvalue weighted by atomic mass is 16.6. The SMILES string of the molecule is O=C1Nc2ccc([N+](=O)[O-])cc2C1=Nc1cccc(O)c1. The van der Waals surface area contributed by atoms with Crippen LogP contribution in [-0.4, -0.2) is 21.6 Å². The Morgan fingerprint density at radius 2 is 2.00 bits per heavy atom. The Morgan fingerprint density at radius 3 is 2.71 bits per heavy atom. The fourth-order valence-electron chi connectivity index (χ4n) is 2.06. The van der Waals surface area contributed by atoms with Gasteiger partial charge in [-0.2, -0.15) is 0 Å². The number of hydrogen-bond acceptors (Lipinski definition) is 5. The molecule has 0 spiro atoms. The van der Waals surface area contributed by atoms with E-state index in [4.69, 9.17) is 0 Å². The van der Waals surface area contributed by atoms with E-state index in [0.29, 0.717) is 16.9 Å². The monoisotopic (exact) mass is 283 g/mol. The van der Waals surface area contributed by atoms with Crippen LogP contribution in [0.15, 0.2) is 47.5 Å². The molecule has 0 bridgehead atoms. The molecule has 2 N–H and O–H groups in total. The van der Waals surface area contributed by atoms with Gasteiger partial charge in [0.05, 0.1) is 16.3 Å². The third kappa shape index (κ3) is 2.32. The van der Waals surface area contributed by atoms with Gasteiger partial charge in [-0.05, 0) is 18.2 Å². The van der Waals surface area contributed by atoms with Gasteiger partial charge in [-0.15, -0.1) is 0 Å². The van der Waals surface area contributed by atoms with Gasteiger partial charge in [-0.25, -0.2) is 4.99 Å². The Balaban J connectivity index is 2.11. The van der Waals surface area contributed by atoms with Crippen LogP contribution in [0.25, 0.3) is 0 Å². The zero-order valence-electron chi connectivity index (χ0n) is 10.6. The number of aromatic hydroxyl groups is 1. The fraction of sp³-hybridized carbons (Fsp3) is 0. The molecule has 3 rings (SSSR count). The molecule has 0 saturated carbocycles. The van der Waals surface area contributed by atoms with Crippen molar-refractivity contribution in [3.63, 3.8) is 0 Å². The molecule has 1 amide bonds. The summed E-state index contributed by atoms with van der Waals surface area (Å²) in [7, 11) is 0. The highest BCUT2D eigenvalue weighted by Gasteiger charge is 2.28. The predicted octanol–water partition coefficient (Wildman–Crippen LogP) is 2.37. The summed E-state index contributed by atoms with van der Waals surface area (Å²) in [5.41, 5.74) is 1.20. The van der Waals surface area contributed by atoms with Gasteiger partial charge in [0.1, 0.15) is 11.5 Å². The minimum atomic E-state index is -0.533. The smallest absolute Gasteiger partial charge is 0.275 e. The van der Waals surface area contributed by atoms with E-state index in [1.54, 1.807) is 12.1 Å². The highest BCUT2D eigenvalue weighted by Crippen LogP contribution is 2.29. The van der Waals surface area contributed by atoms with E-state index in [-0.39, 0.29) is 17.1 Å². The van der Waals surface area contributed by atoms with Crippen LogP contribution in [0.3, 0.4) is 0 Å². The van der Waals surface area contributed by atoms with Crippen molar-refractivity contribution in [2.75, 3.05) is 5.32 Å². The molecule has 0 radical (unpaired) electrons. The van der Waals surface area contributed by atoms with Gasteiger partial charge >= 0.3 is 0 Å². The quantitative estimate of drug-likeness (QED) is 0.652. The minimum absolute atomic E-state index is 0.0227. The van der Waals surface area contributed by atoms with Crippen LogP contribution < -0.4 is 5.32 Å². The summed E-state index contributed by atoms with van der Waals surface area (Å²) >= 11 is 0. The second kappa shape index (κ2) is 4.71. The molecule has 1 heterocycles. The van der Waals surface area contributed by atoms with Crippen LogP contribution in [0.1, 0.15) is 5.56 Å². The van der Waals surface area contributed by atoms with Crippen molar-refractivity contribution in [2.24, 2.45) is 4.99 Å². The number of amides is 1. The number of hydrogen-bond donors (Lipinski definition) is 2. The van der Waals surface area contributed by atoms with E-state index in [2.05, 4.69) is 10.3 Å². The molecular weight excluding hydrogens is 274 g/mol. The molecule has 0 saturated heterocycles. The Labute approximate surface area is 118 Å². The predicted molar refractivity (Wildman–Crippen MR) is 76.0 cm³/mol. The average molecular weight is 283 g/mol. The van der Waals surface area contributed by atoms with E-state index in [0.717, 1.165) is 0 Å². The summed E-state index contributed by atoms with van der Waals surface area (Å²) in [5, 5.41) is 22.8. The third-order valence-electron chi connectivity index (χ3n) is 3.00. The van der Waals surface area contributed by atoms with Crippen molar-refractivity contribution >= 4 is 28.7 Å². The van der Waals surface area contributed by atoms with Crippen LogP contribution in [0, 0.1) is 10.1 Å². The van der Waals surface area contributed by atoms with Gasteiger partial charge in [0.2, 0.25) is 0 Å². The maximum Gasteiger partial charge on any atom is 0.275 e. The Hall–Kier alpha value is -3.22. The normalized spacial score (nSPS) is 14.9. The molecule has 21 heavy (non-hydrogen) atoms. The number of nitro groups is 1. The number of aliphatic imine (C=N–C) groups is 1. The molecule has 0 aliphatic carbocycles. The summed E-state index contributed by atoms with van der Waals surface area (Å²) in [5.74, 6) is -0.414. The van der Waals surface area contributed by atoms with E-state index in [9.17, 15) is 20.0 Å². The van der Waals surface area contributed by atoms with Crippen LogP contribution in [0.4, 0.5) is 17.1 Å². The Kier molecular flexibility index (Phi) is 2.87. The number of carbonyl (C=O) groups excluding carboxylic acids is 1. The van der Waals surface area contributed by atoms with Crippen molar-refractivity contribution in [1.29, 1.82) is 0 Å². The standard InChI is InChI=1S/C14H9N3O4/c18-10-3-1-2-8(6-10)15-13-11-7-9(17(20)21)4-5-12(11)16-14(13)19/h1-7,18H,(H,15,16,19). The lowest BCUT2D eigenvalue weighted by Gasteiger charge is -1.99. The second-order valence-electron chi connectivity index (χ2n) is 4.42. The molecule has 1 aliphatic heterocycles. The number of nitro benzene ring substituents is 1. The zero-order valence-corrected chi connectivity index (χ0v) is 10.6. The first kappa shape index (κ1) is 12.8. The summed E-state index contributed by atoms with van der Waals surface area (Å²) in [6.45, 7) is 0. The van der Waals surface area contributed by atoms with E-state index >= 15 is 0 Å². The molecule has 0 atom stereocenters. The summed E-state index contributed by atoms with van der Waals surface area (Å²) in [6.07, 6.45) is 0. The summed E-state index contributed by atoms with van der Waals surface area (Å²) < 4.78 is 0. The molecule has 7 heteroatoms. The van der Waals surface area contributed by atoms with Crippen LogP contribution in [0.5, 0.6) is 5.75 Å². The van der Waals surface area contributed by atoms with E-state index in [1.165, 1.54) is 30.3 Å². The number of benzene rings is 2. The van der Waals surface area contributed by atoms with Crippen molar-refractivity contribution in [3.05, 3.63) is 58.1 Å². The molecule has 2 aromatic rings. The lowest BCUT2D eigenvalue weighted by Crippen LogP contribution is -2.13. The third-order valence-corrected chi connectivity index (χ3v) is 3.00. The molecule has 7 nitrogen and oxygen atoms in total. The van der Waals surface area contributed by atoms with Gasteiger partial charge < -0.3 is 10.4 Å². The zero-order chi connectivity index (χ0) is 15.0. The van der Waals surface area contributed by atoms with Crippen LogP contribution >= 0.6 is 0 Å². The number of non-ortho nitro benzene ring substituents is 1. The maximum atomic E-state index is 11.9. The number of carbonyl (C=O) groups is 1. The lowest BCUT2D eigenvalue weighted by molar-refractivity contribution is -0.384. The topological polar surface area (TPSA) is 105 Å². The number of anilines is 1. The summed E-state index contributed by atoms with van der Waals surface area (Å²) in [6, 6.07) is 10.2. The van der Waals surface area contributed by atoms with Gasteiger partial charge in [0, 0.05) is 23.8 Å². The fourth-order valence-corrected chi connectivity index (χ4v) is 2.06. The van der Waals surface area contributed by atoms with Crippen molar-refractivity contribution < 1.29 is 14.8 Å². The number of phenols is 1. The number of nitrogens with zero attached hydrogens (tertiary/aromatic N) is 2. The van der Waals surface area contributed by atoms with Crippen LogP contribution in [0.2, 0.25) is 0 Å². The molecule has 0 aromatic heterocycles. The molecule has 0 unspecified atom stereocenters. The van der Waals surface area contributed by atoms with Gasteiger partial charge in [-0.1, -0.05) is 6.07 Å². The van der Waals surface area contributed by atoms with Crippen molar-refractivity contribution in [3.8, 4) is 5.75 Å². The largest absolute Gasteiger partial charge is 0.508 e. The molecule has 2 aromatic carbocycles. The van der Waals surface area contributed by atoms with Crippen LogP contribution in [-0.2, 0) is 4.79 Å². The average Bonchev–Trinajstić information content (AvgIpc) is 2.74. The number of rotatable bonds is 2. The first-order valence-corrected chi connectivity index (χ1v) is 6.02. The highest BCUT2D eigenvalue weighted by molar-refractivity contribution is 6.54. The first-order valence-electron chi connectivity index (χ1n) is 6.02. The Bertz CT molecular complexity index is 799. The minimum Gasteiger partial charge on any atom is -0.508 e. The maximum absolute atomic E-state index is 11.9. The summed E-state index contributed by atoms with van der Waals surface area (Å²) in [4.78, 5) is 26.4. The number of nitrogens with one attached hydrogen (secondary N) is 1. The molecule has 104 valence electrons. The van der Waals surface area contributed by atoms with Crippen molar-refractivity contribution in [1.82, 2.24) is 0 Å².